The average Bonchev–Trinajstić information content (AvgIpc) is 2.38. The molecule has 0 radical (unpaired) electrons. The third kappa shape index (κ3) is 4.55. The van der Waals surface area contributed by atoms with Gasteiger partial charge in [-0.3, -0.25) is 9.80 Å². The van der Waals surface area contributed by atoms with E-state index < -0.39 is 0 Å². The van der Waals surface area contributed by atoms with Crippen molar-refractivity contribution in [1.29, 1.82) is 0 Å². The second-order valence-electron chi connectivity index (χ2n) is 6.53. The highest BCUT2D eigenvalue weighted by Crippen LogP contribution is 2.23. The summed E-state index contributed by atoms with van der Waals surface area (Å²) in [6.07, 6.45) is 0. The minimum absolute atomic E-state index is 0.0977. The van der Waals surface area contributed by atoms with Crippen molar-refractivity contribution in [3.05, 3.63) is 34.3 Å². The molecule has 1 aliphatic rings. The van der Waals surface area contributed by atoms with E-state index in [9.17, 15) is 0 Å². The second-order valence-corrected chi connectivity index (χ2v) is 7.44. The zero-order valence-electron chi connectivity index (χ0n) is 12.8. The summed E-state index contributed by atoms with van der Waals surface area (Å²) in [6.45, 7) is 11.9. The quantitative estimate of drug-likeness (QED) is 0.915. The highest BCUT2D eigenvalue weighted by molar-refractivity contribution is 9.10. The number of piperazine rings is 1. The van der Waals surface area contributed by atoms with Gasteiger partial charge in [-0.25, -0.2) is 0 Å². The molecule has 0 amide bonds. The Morgan fingerprint density at radius 2 is 1.70 bits per heavy atom. The summed E-state index contributed by atoms with van der Waals surface area (Å²) in [7, 11) is 0. The number of halogens is 1. The topological polar surface area (TPSA) is 32.5 Å². The van der Waals surface area contributed by atoms with E-state index in [1.165, 1.54) is 5.56 Å². The van der Waals surface area contributed by atoms with Crippen molar-refractivity contribution in [1.82, 2.24) is 9.80 Å². The van der Waals surface area contributed by atoms with Crippen molar-refractivity contribution in [2.45, 2.75) is 32.4 Å². The molecule has 0 spiro atoms. The molecule has 1 atom stereocenters. The maximum absolute atomic E-state index is 6.11. The largest absolute Gasteiger partial charge is 0.324 e. The van der Waals surface area contributed by atoms with Gasteiger partial charge in [0.2, 0.25) is 0 Å². The van der Waals surface area contributed by atoms with Crippen LogP contribution in [0, 0.1) is 0 Å². The summed E-state index contributed by atoms with van der Waals surface area (Å²) >= 11 is 3.49. The van der Waals surface area contributed by atoms with Crippen molar-refractivity contribution in [2.75, 3.05) is 32.7 Å². The number of nitrogens with two attached hydrogens (primary N) is 1. The van der Waals surface area contributed by atoms with Crippen LogP contribution in [0.5, 0.6) is 0 Å². The third-order valence-corrected chi connectivity index (χ3v) is 4.47. The first-order valence-electron chi connectivity index (χ1n) is 7.36. The molecule has 0 aliphatic carbocycles. The molecule has 0 aromatic heterocycles. The standard InChI is InChI=1S/C16H26BrN3/c1-13(14-4-6-15(17)7-5-14)20-10-8-19(9-11-20)12-16(2,3)18/h4-7,13H,8-12,18H2,1-3H3. The van der Waals surface area contributed by atoms with Gasteiger partial charge in [-0.15, -0.1) is 0 Å². The van der Waals surface area contributed by atoms with Gasteiger partial charge in [-0.05, 0) is 38.5 Å². The molecule has 4 heteroatoms. The van der Waals surface area contributed by atoms with Crippen molar-refractivity contribution in [2.24, 2.45) is 5.73 Å². The summed E-state index contributed by atoms with van der Waals surface area (Å²) in [6, 6.07) is 9.16. The van der Waals surface area contributed by atoms with E-state index >= 15 is 0 Å². The van der Waals surface area contributed by atoms with Crippen LogP contribution in [0.1, 0.15) is 32.4 Å². The molecule has 0 bridgehead atoms. The van der Waals surface area contributed by atoms with Crippen molar-refractivity contribution < 1.29 is 0 Å². The fraction of sp³-hybridized carbons (Fsp3) is 0.625. The predicted molar refractivity (Wildman–Crippen MR) is 88.8 cm³/mol. The van der Waals surface area contributed by atoms with Gasteiger partial charge in [-0.2, -0.15) is 0 Å². The molecule has 1 aromatic carbocycles. The second kappa shape index (κ2) is 6.56. The first kappa shape index (κ1) is 16.0. The lowest BCUT2D eigenvalue weighted by molar-refractivity contribution is 0.0904. The summed E-state index contributed by atoms with van der Waals surface area (Å²) in [5, 5.41) is 0. The minimum Gasteiger partial charge on any atom is -0.324 e. The SMILES string of the molecule is CC(c1ccc(Br)cc1)N1CCN(CC(C)(C)N)CC1. The van der Waals surface area contributed by atoms with Crippen molar-refractivity contribution in [3.8, 4) is 0 Å². The zero-order chi connectivity index (χ0) is 14.8. The Morgan fingerprint density at radius 1 is 1.15 bits per heavy atom. The summed E-state index contributed by atoms with van der Waals surface area (Å²) in [5.41, 5.74) is 7.40. The van der Waals surface area contributed by atoms with Crippen LogP contribution in [-0.4, -0.2) is 48.1 Å². The summed E-state index contributed by atoms with van der Waals surface area (Å²) in [5.74, 6) is 0. The Bertz CT molecular complexity index is 416. The molecule has 112 valence electrons. The molecule has 1 unspecified atom stereocenters. The molecule has 20 heavy (non-hydrogen) atoms. The lowest BCUT2D eigenvalue weighted by Crippen LogP contribution is -2.53. The highest BCUT2D eigenvalue weighted by atomic mass is 79.9. The number of hydrogen-bond donors (Lipinski definition) is 1. The van der Waals surface area contributed by atoms with Gasteiger partial charge in [0, 0.05) is 48.8 Å². The molecule has 1 aromatic rings. The van der Waals surface area contributed by atoms with E-state index in [1.54, 1.807) is 0 Å². The monoisotopic (exact) mass is 339 g/mol. The molecule has 2 N–H and O–H groups in total. The molecule has 1 heterocycles. The minimum atomic E-state index is -0.0977. The number of nitrogens with zero attached hydrogens (tertiary/aromatic N) is 2. The fourth-order valence-electron chi connectivity index (χ4n) is 2.84. The Hall–Kier alpha value is -0.420. The predicted octanol–water partition coefficient (Wildman–Crippen LogP) is 2.87. The van der Waals surface area contributed by atoms with Crippen molar-refractivity contribution >= 4 is 15.9 Å². The maximum atomic E-state index is 6.11. The van der Waals surface area contributed by atoms with Crippen LogP contribution < -0.4 is 5.73 Å². The smallest absolute Gasteiger partial charge is 0.0320 e. The van der Waals surface area contributed by atoms with E-state index in [2.05, 4.69) is 70.8 Å². The molecule has 3 nitrogen and oxygen atoms in total. The van der Waals surface area contributed by atoms with Gasteiger partial charge in [0.05, 0.1) is 0 Å². The van der Waals surface area contributed by atoms with Gasteiger partial charge < -0.3 is 5.73 Å². The molecular formula is C16H26BrN3. The first-order valence-corrected chi connectivity index (χ1v) is 8.15. The fourth-order valence-corrected chi connectivity index (χ4v) is 3.10. The maximum Gasteiger partial charge on any atom is 0.0320 e. The molecular weight excluding hydrogens is 314 g/mol. The lowest BCUT2D eigenvalue weighted by atomic mass is 10.0. The van der Waals surface area contributed by atoms with Crippen molar-refractivity contribution in [3.63, 3.8) is 0 Å². The molecule has 0 saturated carbocycles. The summed E-state index contributed by atoms with van der Waals surface area (Å²) < 4.78 is 1.14. The lowest BCUT2D eigenvalue weighted by Gasteiger charge is -2.40. The molecule has 1 aliphatic heterocycles. The normalized spacial score (nSPS) is 20.1. The van der Waals surface area contributed by atoms with Crippen LogP contribution in [0.4, 0.5) is 0 Å². The van der Waals surface area contributed by atoms with E-state index in [-0.39, 0.29) is 5.54 Å². The molecule has 2 rings (SSSR count). The Labute approximate surface area is 131 Å². The zero-order valence-corrected chi connectivity index (χ0v) is 14.4. The van der Waals surface area contributed by atoms with Crippen LogP contribution in [0.25, 0.3) is 0 Å². The Morgan fingerprint density at radius 3 is 2.20 bits per heavy atom. The van der Waals surface area contributed by atoms with Gasteiger partial charge in [-0.1, -0.05) is 28.1 Å². The van der Waals surface area contributed by atoms with Gasteiger partial charge in [0.1, 0.15) is 0 Å². The summed E-state index contributed by atoms with van der Waals surface area (Å²) in [4.78, 5) is 5.04. The van der Waals surface area contributed by atoms with Crippen LogP contribution >= 0.6 is 15.9 Å². The Kier molecular flexibility index (Phi) is 5.24. The third-order valence-electron chi connectivity index (χ3n) is 3.94. The van der Waals surface area contributed by atoms with Crippen LogP contribution in [0.15, 0.2) is 28.7 Å². The molecule has 1 fully saturated rings. The van der Waals surface area contributed by atoms with E-state index in [4.69, 9.17) is 5.73 Å². The van der Waals surface area contributed by atoms with Crippen LogP contribution in [-0.2, 0) is 0 Å². The average molecular weight is 340 g/mol. The van der Waals surface area contributed by atoms with Crippen LogP contribution in [0.2, 0.25) is 0 Å². The number of hydrogen-bond acceptors (Lipinski definition) is 3. The van der Waals surface area contributed by atoms with Gasteiger partial charge in [0.25, 0.3) is 0 Å². The first-order chi connectivity index (χ1) is 9.35. The Balaban J connectivity index is 1.88. The highest BCUT2D eigenvalue weighted by Gasteiger charge is 2.24. The van der Waals surface area contributed by atoms with E-state index in [0.29, 0.717) is 6.04 Å². The molecule has 1 saturated heterocycles. The van der Waals surface area contributed by atoms with Gasteiger partial charge in [0.15, 0.2) is 0 Å². The van der Waals surface area contributed by atoms with E-state index in [0.717, 1.165) is 37.2 Å². The number of benzene rings is 1. The van der Waals surface area contributed by atoms with E-state index in [1.807, 2.05) is 0 Å². The van der Waals surface area contributed by atoms with Crippen LogP contribution in [0.3, 0.4) is 0 Å². The number of rotatable bonds is 4. The van der Waals surface area contributed by atoms with Gasteiger partial charge >= 0.3 is 0 Å².